The number of anilines is 2. The molecule has 2 aromatic rings. The number of carbonyl (C=O) groups is 1. The van der Waals surface area contributed by atoms with Gasteiger partial charge in [-0.1, -0.05) is 18.2 Å². The lowest BCUT2D eigenvalue weighted by molar-refractivity contribution is 0.112. The van der Waals surface area contributed by atoms with Crippen LogP contribution >= 0.6 is 0 Å². The highest BCUT2D eigenvalue weighted by molar-refractivity contribution is 5.88. The zero-order valence-electron chi connectivity index (χ0n) is 10.9. The van der Waals surface area contributed by atoms with E-state index in [0.717, 1.165) is 17.9 Å². The second-order valence-electron chi connectivity index (χ2n) is 4.61. The van der Waals surface area contributed by atoms with E-state index in [-0.39, 0.29) is 5.56 Å². The van der Waals surface area contributed by atoms with Crippen LogP contribution in [0.25, 0.3) is 0 Å². The lowest BCUT2D eigenvalue weighted by Gasteiger charge is -2.25. The van der Waals surface area contributed by atoms with Gasteiger partial charge < -0.3 is 9.64 Å². The quantitative estimate of drug-likeness (QED) is 0.782. The van der Waals surface area contributed by atoms with Crippen molar-refractivity contribution in [1.29, 1.82) is 0 Å². The van der Waals surface area contributed by atoms with Gasteiger partial charge in [0.15, 0.2) is 6.29 Å². The van der Waals surface area contributed by atoms with Crippen molar-refractivity contribution in [3.8, 4) is 5.75 Å². The summed E-state index contributed by atoms with van der Waals surface area (Å²) in [7, 11) is 0. The Morgan fingerprint density at radius 1 is 1.10 bits per heavy atom. The van der Waals surface area contributed by atoms with E-state index in [4.69, 9.17) is 4.74 Å². The predicted octanol–water partition coefficient (Wildman–Crippen LogP) is 3.56. The Morgan fingerprint density at radius 2 is 1.90 bits per heavy atom. The zero-order chi connectivity index (χ0) is 13.9. The standard InChI is InChI=1S/C16H14FNO2/c17-13-5-3-7-14(12(13)11-19)18-9-4-10-20-16-8-2-1-6-15(16)18/h1-3,5-8,11H,4,9-10H2. The van der Waals surface area contributed by atoms with Gasteiger partial charge in [-0.3, -0.25) is 4.79 Å². The van der Waals surface area contributed by atoms with E-state index in [1.54, 1.807) is 12.1 Å². The minimum Gasteiger partial charge on any atom is -0.491 e. The van der Waals surface area contributed by atoms with Crippen LogP contribution in [0, 0.1) is 5.82 Å². The normalized spacial score (nSPS) is 14.2. The Labute approximate surface area is 116 Å². The van der Waals surface area contributed by atoms with E-state index in [1.807, 2.05) is 29.2 Å². The van der Waals surface area contributed by atoms with E-state index in [1.165, 1.54) is 6.07 Å². The molecule has 0 aliphatic carbocycles. The highest BCUT2D eigenvalue weighted by Gasteiger charge is 2.20. The monoisotopic (exact) mass is 271 g/mol. The van der Waals surface area contributed by atoms with Crippen LogP contribution in [0.3, 0.4) is 0 Å². The van der Waals surface area contributed by atoms with Crippen molar-refractivity contribution < 1.29 is 13.9 Å². The number of para-hydroxylation sites is 2. The Morgan fingerprint density at radius 3 is 2.75 bits per heavy atom. The molecule has 0 amide bonds. The van der Waals surface area contributed by atoms with Crippen molar-refractivity contribution in [2.75, 3.05) is 18.1 Å². The van der Waals surface area contributed by atoms with Crippen LogP contribution in [0.4, 0.5) is 15.8 Å². The van der Waals surface area contributed by atoms with Crippen LogP contribution in [0.2, 0.25) is 0 Å². The molecule has 0 radical (unpaired) electrons. The number of carbonyl (C=O) groups excluding carboxylic acids is 1. The van der Waals surface area contributed by atoms with Crippen molar-refractivity contribution in [3.63, 3.8) is 0 Å². The summed E-state index contributed by atoms with van der Waals surface area (Å²) in [4.78, 5) is 13.1. The summed E-state index contributed by atoms with van der Waals surface area (Å²) in [5.41, 5.74) is 1.53. The highest BCUT2D eigenvalue weighted by Crippen LogP contribution is 2.37. The molecule has 1 aliphatic heterocycles. The van der Waals surface area contributed by atoms with Gasteiger partial charge >= 0.3 is 0 Å². The molecule has 102 valence electrons. The Balaban J connectivity index is 2.15. The topological polar surface area (TPSA) is 29.5 Å². The molecule has 0 atom stereocenters. The van der Waals surface area contributed by atoms with Crippen LogP contribution in [-0.2, 0) is 0 Å². The molecule has 0 saturated heterocycles. The number of hydrogen-bond acceptors (Lipinski definition) is 3. The lowest BCUT2D eigenvalue weighted by Crippen LogP contribution is -2.19. The summed E-state index contributed by atoms with van der Waals surface area (Å²) >= 11 is 0. The third-order valence-corrected chi connectivity index (χ3v) is 3.38. The number of halogens is 1. The molecule has 0 fully saturated rings. The molecule has 0 unspecified atom stereocenters. The molecule has 1 aliphatic rings. The van der Waals surface area contributed by atoms with Gasteiger partial charge in [-0.15, -0.1) is 0 Å². The number of nitrogens with zero attached hydrogens (tertiary/aromatic N) is 1. The molecule has 3 rings (SSSR count). The minimum absolute atomic E-state index is 0.0872. The Bertz CT molecular complexity index is 642. The molecular weight excluding hydrogens is 257 g/mol. The smallest absolute Gasteiger partial charge is 0.155 e. The molecule has 20 heavy (non-hydrogen) atoms. The van der Waals surface area contributed by atoms with Crippen molar-refractivity contribution in [3.05, 3.63) is 53.8 Å². The van der Waals surface area contributed by atoms with Crippen LogP contribution in [-0.4, -0.2) is 19.4 Å². The first-order valence-corrected chi connectivity index (χ1v) is 6.54. The number of benzene rings is 2. The van der Waals surface area contributed by atoms with Crippen molar-refractivity contribution >= 4 is 17.7 Å². The third kappa shape index (κ3) is 2.13. The van der Waals surface area contributed by atoms with Gasteiger partial charge in [-0.05, 0) is 30.7 Å². The maximum Gasteiger partial charge on any atom is 0.155 e. The van der Waals surface area contributed by atoms with Gasteiger partial charge in [0.1, 0.15) is 11.6 Å². The van der Waals surface area contributed by atoms with Crippen LogP contribution in [0.5, 0.6) is 5.75 Å². The fourth-order valence-electron chi connectivity index (χ4n) is 2.46. The highest BCUT2D eigenvalue weighted by atomic mass is 19.1. The molecule has 0 aromatic heterocycles. The van der Waals surface area contributed by atoms with Crippen LogP contribution < -0.4 is 9.64 Å². The van der Waals surface area contributed by atoms with Crippen LogP contribution in [0.15, 0.2) is 42.5 Å². The zero-order valence-corrected chi connectivity index (χ0v) is 10.9. The maximum absolute atomic E-state index is 13.8. The molecule has 4 heteroatoms. The van der Waals surface area contributed by atoms with Gasteiger partial charge in [-0.2, -0.15) is 0 Å². The van der Waals surface area contributed by atoms with E-state index in [9.17, 15) is 9.18 Å². The van der Waals surface area contributed by atoms with Crippen molar-refractivity contribution in [2.24, 2.45) is 0 Å². The third-order valence-electron chi connectivity index (χ3n) is 3.38. The average molecular weight is 271 g/mol. The number of ether oxygens (including phenoxy) is 1. The Kier molecular flexibility index (Phi) is 3.37. The van der Waals surface area contributed by atoms with Gasteiger partial charge in [0, 0.05) is 6.54 Å². The summed E-state index contributed by atoms with van der Waals surface area (Å²) in [5, 5.41) is 0. The lowest BCUT2D eigenvalue weighted by atomic mass is 10.1. The minimum atomic E-state index is -0.500. The summed E-state index contributed by atoms with van der Waals surface area (Å²) in [5.74, 6) is 0.256. The first-order valence-electron chi connectivity index (χ1n) is 6.54. The molecule has 0 saturated carbocycles. The van der Waals surface area contributed by atoms with E-state index in [0.29, 0.717) is 25.1 Å². The molecule has 3 nitrogen and oxygen atoms in total. The largest absolute Gasteiger partial charge is 0.491 e. The van der Waals surface area contributed by atoms with Crippen molar-refractivity contribution in [2.45, 2.75) is 6.42 Å². The predicted molar refractivity (Wildman–Crippen MR) is 75.3 cm³/mol. The van der Waals surface area contributed by atoms with Gasteiger partial charge in [-0.25, -0.2) is 4.39 Å². The van der Waals surface area contributed by atoms with Crippen molar-refractivity contribution in [1.82, 2.24) is 0 Å². The summed E-state index contributed by atoms with van der Waals surface area (Å²) in [6.45, 7) is 1.29. The molecule has 0 bridgehead atoms. The Hall–Kier alpha value is -2.36. The van der Waals surface area contributed by atoms with Gasteiger partial charge in [0.2, 0.25) is 0 Å². The van der Waals surface area contributed by atoms with Crippen LogP contribution in [0.1, 0.15) is 16.8 Å². The number of fused-ring (bicyclic) bond motifs is 1. The summed E-state index contributed by atoms with van der Waals surface area (Å²) in [6.07, 6.45) is 1.38. The van der Waals surface area contributed by atoms with Gasteiger partial charge in [0.05, 0.1) is 23.5 Å². The second kappa shape index (κ2) is 5.33. The summed E-state index contributed by atoms with van der Waals surface area (Å²) < 4.78 is 19.5. The fraction of sp³-hybridized carbons (Fsp3) is 0.188. The number of rotatable bonds is 2. The number of aldehydes is 1. The SMILES string of the molecule is O=Cc1c(F)cccc1N1CCCOc2ccccc21. The number of hydrogen-bond donors (Lipinski definition) is 0. The molecule has 1 heterocycles. The van der Waals surface area contributed by atoms with E-state index < -0.39 is 5.82 Å². The van der Waals surface area contributed by atoms with E-state index in [2.05, 4.69) is 0 Å². The molecule has 0 spiro atoms. The molecule has 0 N–H and O–H groups in total. The first kappa shape index (κ1) is 12.7. The molecule has 2 aromatic carbocycles. The van der Waals surface area contributed by atoms with Gasteiger partial charge in [0.25, 0.3) is 0 Å². The second-order valence-corrected chi connectivity index (χ2v) is 4.61. The van der Waals surface area contributed by atoms with E-state index >= 15 is 0 Å². The molecular formula is C16H14FNO2. The first-order chi connectivity index (χ1) is 9.81. The fourth-order valence-corrected chi connectivity index (χ4v) is 2.46. The summed E-state index contributed by atoms with van der Waals surface area (Å²) in [6, 6.07) is 12.3. The average Bonchev–Trinajstić information content (AvgIpc) is 2.69. The maximum atomic E-state index is 13.8.